The number of morpholine rings is 1. The maximum atomic E-state index is 11.9. The molecule has 7 nitrogen and oxygen atoms in total. The van der Waals surface area contributed by atoms with Gasteiger partial charge in [-0.3, -0.25) is 4.79 Å². The van der Waals surface area contributed by atoms with E-state index in [4.69, 9.17) is 10.5 Å². The van der Waals surface area contributed by atoms with Crippen LogP contribution in [0.15, 0.2) is 12.4 Å². The number of nitrogens with zero attached hydrogens (tertiary/aromatic N) is 4. The number of rotatable bonds is 3. The van der Waals surface area contributed by atoms with E-state index >= 15 is 0 Å². The average molecular weight is 225 g/mol. The lowest BCUT2D eigenvalue weighted by molar-refractivity contribution is -0.139. The minimum absolute atomic E-state index is 0.0206. The molecule has 0 radical (unpaired) electrons. The molecule has 1 saturated heterocycles. The van der Waals surface area contributed by atoms with Gasteiger partial charge in [-0.1, -0.05) is 5.21 Å². The molecule has 1 aromatic heterocycles. The molecule has 1 aromatic rings. The first-order valence-electron chi connectivity index (χ1n) is 5.23. The molecule has 2 heterocycles. The van der Waals surface area contributed by atoms with E-state index in [1.165, 1.54) is 4.68 Å². The summed E-state index contributed by atoms with van der Waals surface area (Å²) in [6.45, 7) is 2.38. The number of aromatic nitrogens is 3. The van der Waals surface area contributed by atoms with Crippen LogP contribution in [0.25, 0.3) is 0 Å². The van der Waals surface area contributed by atoms with Gasteiger partial charge in [0.25, 0.3) is 0 Å². The molecule has 0 spiro atoms. The second-order valence-corrected chi connectivity index (χ2v) is 3.67. The lowest BCUT2D eigenvalue weighted by Gasteiger charge is -2.32. The molecule has 1 unspecified atom stereocenters. The number of ether oxygens (including phenoxy) is 1. The van der Waals surface area contributed by atoms with Crippen LogP contribution in [0, 0.1) is 0 Å². The minimum atomic E-state index is -0.0477. The standard InChI is InChI=1S/C9H15N5O2/c10-5-8-6-13(3-4-16-8)9(15)7-14-2-1-11-12-14/h1-2,8H,3-7,10H2. The summed E-state index contributed by atoms with van der Waals surface area (Å²) in [5, 5.41) is 7.40. The van der Waals surface area contributed by atoms with Gasteiger partial charge in [-0.2, -0.15) is 0 Å². The number of hydrogen-bond acceptors (Lipinski definition) is 5. The monoisotopic (exact) mass is 225 g/mol. The molecule has 0 saturated carbocycles. The number of amides is 1. The number of nitrogens with two attached hydrogens (primary N) is 1. The van der Waals surface area contributed by atoms with E-state index in [1.54, 1.807) is 17.3 Å². The van der Waals surface area contributed by atoms with Crippen molar-refractivity contribution in [3.63, 3.8) is 0 Å². The van der Waals surface area contributed by atoms with Crippen LogP contribution in [0.5, 0.6) is 0 Å². The third kappa shape index (κ3) is 2.56. The van der Waals surface area contributed by atoms with Crippen molar-refractivity contribution in [3.8, 4) is 0 Å². The SMILES string of the molecule is NCC1CN(C(=O)Cn2ccnn2)CCO1. The highest BCUT2D eigenvalue weighted by Gasteiger charge is 2.23. The van der Waals surface area contributed by atoms with Crippen LogP contribution < -0.4 is 5.73 Å². The molecule has 1 amide bonds. The minimum Gasteiger partial charge on any atom is -0.373 e. The van der Waals surface area contributed by atoms with Crippen LogP contribution in [-0.4, -0.2) is 58.1 Å². The Labute approximate surface area is 93.2 Å². The molecule has 0 aromatic carbocycles. The summed E-state index contributed by atoms with van der Waals surface area (Å²) in [5.41, 5.74) is 5.51. The van der Waals surface area contributed by atoms with Gasteiger partial charge in [-0.05, 0) is 0 Å². The highest BCUT2D eigenvalue weighted by Crippen LogP contribution is 2.05. The maximum absolute atomic E-state index is 11.9. The number of carbonyl (C=O) groups is 1. The largest absolute Gasteiger partial charge is 0.373 e. The van der Waals surface area contributed by atoms with Crippen LogP contribution in [-0.2, 0) is 16.1 Å². The van der Waals surface area contributed by atoms with E-state index < -0.39 is 0 Å². The molecule has 1 fully saturated rings. The smallest absolute Gasteiger partial charge is 0.244 e. The van der Waals surface area contributed by atoms with E-state index in [1.807, 2.05) is 0 Å². The summed E-state index contributed by atoms with van der Waals surface area (Å²) in [7, 11) is 0. The fourth-order valence-corrected chi connectivity index (χ4v) is 1.64. The zero-order chi connectivity index (χ0) is 11.4. The van der Waals surface area contributed by atoms with Gasteiger partial charge in [0.2, 0.25) is 5.91 Å². The van der Waals surface area contributed by atoms with Crippen LogP contribution in [0.3, 0.4) is 0 Å². The van der Waals surface area contributed by atoms with Crippen molar-refractivity contribution in [1.82, 2.24) is 19.9 Å². The predicted octanol–water partition coefficient (Wildman–Crippen LogP) is -1.54. The summed E-state index contributed by atoms with van der Waals surface area (Å²) in [6, 6.07) is 0. The van der Waals surface area contributed by atoms with Gasteiger partial charge < -0.3 is 15.4 Å². The zero-order valence-electron chi connectivity index (χ0n) is 8.95. The Kier molecular flexibility index (Phi) is 3.47. The molecular formula is C9H15N5O2. The van der Waals surface area contributed by atoms with Crippen molar-refractivity contribution in [2.75, 3.05) is 26.2 Å². The fourth-order valence-electron chi connectivity index (χ4n) is 1.64. The average Bonchev–Trinajstić information content (AvgIpc) is 2.82. The van der Waals surface area contributed by atoms with E-state index in [2.05, 4.69) is 10.3 Å². The van der Waals surface area contributed by atoms with Gasteiger partial charge >= 0.3 is 0 Å². The van der Waals surface area contributed by atoms with Crippen molar-refractivity contribution in [1.29, 1.82) is 0 Å². The third-order valence-corrected chi connectivity index (χ3v) is 2.52. The van der Waals surface area contributed by atoms with E-state index in [9.17, 15) is 4.79 Å². The van der Waals surface area contributed by atoms with E-state index in [0.29, 0.717) is 26.2 Å². The van der Waals surface area contributed by atoms with E-state index in [0.717, 1.165) is 0 Å². The first-order chi connectivity index (χ1) is 7.79. The molecule has 7 heteroatoms. The lowest BCUT2D eigenvalue weighted by Crippen LogP contribution is -2.49. The second-order valence-electron chi connectivity index (χ2n) is 3.67. The Morgan fingerprint density at radius 2 is 2.50 bits per heavy atom. The highest BCUT2D eigenvalue weighted by atomic mass is 16.5. The van der Waals surface area contributed by atoms with Crippen LogP contribution in [0.4, 0.5) is 0 Å². The topological polar surface area (TPSA) is 86.3 Å². The highest BCUT2D eigenvalue weighted by molar-refractivity contribution is 5.76. The first kappa shape index (κ1) is 11.0. The second kappa shape index (κ2) is 5.04. The van der Waals surface area contributed by atoms with Gasteiger partial charge in [0, 0.05) is 25.8 Å². The summed E-state index contributed by atoms with van der Waals surface area (Å²) in [5.74, 6) is 0.0206. The normalized spacial score (nSPS) is 21.1. The molecule has 0 aliphatic carbocycles. The fraction of sp³-hybridized carbons (Fsp3) is 0.667. The first-order valence-corrected chi connectivity index (χ1v) is 5.23. The Hall–Kier alpha value is -1.47. The Morgan fingerprint density at radius 3 is 3.19 bits per heavy atom. The van der Waals surface area contributed by atoms with Crippen molar-refractivity contribution >= 4 is 5.91 Å². The van der Waals surface area contributed by atoms with Gasteiger partial charge in [0.05, 0.1) is 18.9 Å². The Morgan fingerprint density at radius 1 is 1.62 bits per heavy atom. The van der Waals surface area contributed by atoms with Gasteiger partial charge in [-0.15, -0.1) is 5.10 Å². The van der Waals surface area contributed by atoms with Gasteiger partial charge in [-0.25, -0.2) is 4.68 Å². The number of carbonyl (C=O) groups excluding carboxylic acids is 1. The number of hydrogen-bond donors (Lipinski definition) is 1. The molecule has 2 N–H and O–H groups in total. The van der Waals surface area contributed by atoms with Crippen molar-refractivity contribution in [2.24, 2.45) is 5.73 Å². The molecule has 1 atom stereocenters. The third-order valence-electron chi connectivity index (χ3n) is 2.52. The van der Waals surface area contributed by atoms with Crippen molar-refractivity contribution in [2.45, 2.75) is 12.6 Å². The molecule has 88 valence electrons. The molecule has 0 bridgehead atoms. The van der Waals surface area contributed by atoms with Gasteiger partial charge in [0.15, 0.2) is 0 Å². The Bertz CT molecular complexity index is 340. The molecular weight excluding hydrogens is 210 g/mol. The van der Waals surface area contributed by atoms with Crippen LogP contribution >= 0.6 is 0 Å². The van der Waals surface area contributed by atoms with Crippen molar-refractivity contribution in [3.05, 3.63) is 12.4 Å². The summed E-state index contributed by atoms with van der Waals surface area (Å²) >= 11 is 0. The molecule has 2 rings (SSSR count). The summed E-state index contributed by atoms with van der Waals surface area (Å²) in [6.07, 6.45) is 3.17. The Balaban J connectivity index is 1.89. The lowest BCUT2D eigenvalue weighted by atomic mass is 10.2. The summed E-state index contributed by atoms with van der Waals surface area (Å²) in [4.78, 5) is 13.6. The van der Waals surface area contributed by atoms with E-state index in [-0.39, 0.29) is 18.6 Å². The summed E-state index contributed by atoms with van der Waals surface area (Å²) < 4.78 is 6.90. The molecule has 1 aliphatic heterocycles. The van der Waals surface area contributed by atoms with Crippen molar-refractivity contribution < 1.29 is 9.53 Å². The molecule has 16 heavy (non-hydrogen) atoms. The zero-order valence-corrected chi connectivity index (χ0v) is 8.95. The quantitative estimate of drug-likeness (QED) is 0.674. The maximum Gasteiger partial charge on any atom is 0.244 e. The van der Waals surface area contributed by atoms with Gasteiger partial charge in [0.1, 0.15) is 6.54 Å². The van der Waals surface area contributed by atoms with Crippen LogP contribution in [0.1, 0.15) is 0 Å². The predicted molar refractivity (Wildman–Crippen MR) is 55.4 cm³/mol. The van der Waals surface area contributed by atoms with Crippen LogP contribution in [0.2, 0.25) is 0 Å². The molecule has 1 aliphatic rings.